The van der Waals surface area contributed by atoms with Gasteiger partial charge in [-0.3, -0.25) is 24.0 Å². The van der Waals surface area contributed by atoms with Gasteiger partial charge in [0.05, 0.1) is 7.11 Å². The summed E-state index contributed by atoms with van der Waals surface area (Å²) in [6, 6.07) is 24.9. The first-order valence-corrected chi connectivity index (χ1v) is 22.4. The molecule has 2 aliphatic rings. The predicted octanol–water partition coefficient (Wildman–Crippen LogP) is 4.76. The summed E-state index contributed by atoms with van der Waals surface area (Å²) in [5.41, 5.74) is -0.540. The molecule has 5 atom stereocenters. The number of carbonyl (C=O) groups excluding carboxylic acids is 5. The Labute approximate surface area is 344 Å². The second kappa shape index (κ2) is 19.1. The minimum atomic E-state index is -2.95. The number of hydrogen-bond acceptors (Lipinski definition) is 7. The Hall–Kier alpha value is -5.07. The average Bonchev–Trinajstić information content (AvgIpc) is 3.72. The van der Waals surface area contributed by atoms with E-state index in [0.717, 1.165) is 15.9 Å². The molecule has 12 heteroatoms. The molecule has 0 aliphatic carbocycles. The number of benzene rings is 3. The summed E-state index contributed by atoms with van der Waals surface area (Å²) >= 11 is 0. The molecular formula is C46H60N4O7Si. The lowest BCUT2D eigenvalue weighted by Gasteiger charge is -2.44. The first-order valence-electron chi connectivity index (χ1n) is 20.5. The third kappa shape index (κ3) is 9.95. The highest BCUT2D eigenvalue weighted by Gasteiger charge is 2.51. The van der Waals surface area contributed by atoms with E-state index in [0.29, 0.717) is 38.0 Å². The third-order valence-electron chi connectivity index (χ3n) is 11.6. The molecule has 0 bridgehead atoms. The van der Waals surface area contributed by atoms with Crippen LogP contribution >= 0.6 is 0 Å². The van der Waals surface area contributed by atoms with Gasteiger partial charge in [-0.15, -0.1) is 0 Å². The van der Waals surface area contributed by atoms with Gasteiger partial charge >= 0.3 is 0 Å². The predicted molar refractivity (Wildman–Crippen MR) is 228 cm³/mol. The van der Waals surface area contributed by atoms with Crippen molar-refractivity contribution in [2.75, 3.05) is 13.7 Å². The normalized spacial score (nSPS) is 22.6. The number of nitrogens with zero attached hydrogens (tertiary/aromatic N) is 1. The molecule has 310 valence electrons. The SMILES string of the molecule is CC[C@]1(C)NC(=O)[C@H](CCC/C=C/C(=O)C(C)O[Si](c2ccccc2)(c2ccccc2)C(C)(C)C)NC(=O)[C@H]2CCCN2C(=O)[C@H](Cc2ccc(OC)cc2)NC1=O. The number of carbonyl (C=O) groups is 5. The zero-order valence-corrected chi connectivity index (χ0v) is 36.0. The number of unbranched alkanes of at least 4 members (excludes halogenated alkanes) is 1. The molecule has 2 aliphatic heterocycles. The van der Waals surface area contributed by atoms with E-state index in [1.54, 1.807) is 52.2 Å². The molecular weight excluding hydrogens is 749 g/mol. The first-order chi connectivity index (χ1) is 27.6. The van der Waals surface area contributed by atoms with Crippen molar-refractivity contribution in [2.45, 2.75) is 121 Å². The molecule has 0 aromatic heterocycles. The van der Waals surface area contributed by atoms with Crippen LogP contribution in [0.3, 0.4) is 0 Å². The van der Waals surface area contributed by atoms with Gasteiger partial charge in [0.1, 0.15) is 35.5 Å². The van der Waals surface area contributed by atoms with Gasteiger partial charge in [-0.1, -0.05) is 107 Å². The number of ketones is 1. The molecule has 4 amide bonds. The van der Waals surface area contributed by atoms with E-state index in [2.05, 4.69) is 61.0 Å². The van der Waals surface area contributed by atoms with Crippen LogP contribution in [-0.2, 0) is 34.8 Å². The van der Waals surface area contributed by atoms with Gasteiger partial charge < -0.3 is 30.0 Å². The fourth-order valence-electron chi connectivity index (χ4n) is 8.01. The lowest BCUT2D eigenvalue weighted by molar-refractivity contribution is -0.144. The Morgan fingerprint density at radius 3 is 2.10 bits per heavy atom. The van der Waals surface area contributed by atoms with Crippen molar-refractivity contribution in [1.82, 2.24) is 20.9 Å². The fourth-order valence-corrected chi connectivity index (χ4v) is 12.7. The number of ether oxygens (including phenoxy) is 1. The van der Waals surface area contributed by atoms with Crippen LogP contribution in [0.1, 0.15) is 85.6 Å². The lowest BCUT2D eigenvalue weighted by Crippen LogP contribution is -2.68. The zero-order chi connectivity index (χ0) is 42.1. The van der Waals surface area contributed by atoms with E-state index in [9.17, 15) is 24.0 Å². The van der Waals surface area contributed by atoms with Crippen LogP contribution in [-0.4, -0.2) is 86.1 Å². The van der Waals surface area contributed by atoms with Crippen LogP contribution in [0.25, 0.3) is 0 Å². The van der Waals surface area contributed by atoms with Crippen molar-refractivity contribution < 1.29 is 33.1 Å². The Balaban J connectivity index is 1.28. The van der Waals surface area contributed by atoms with Gasteiger partial charge in [-0.05, 0) is 91.6 Å². The number of amides is 4. The smallest absolute Gasteiger partial charge is 0.262 e. The Morgan fingerprint density at radius 1 is 0.914 bits per heavy atom. The number of rotatable bonds is 14. The highest BCUT2D eigenvalue weighted by Crippen LogP contribution is 2.37. The van der Waals surface area contributed by atoms with Crippen molar-refractivity contribution in [1.29, 1.82) is 0 Å². The number of nitrogens with one attached hydrogen (secondary N) is 3. The minimum Gasteiger partial charge on any atom is -0.497 e. The summed E-state index contributed by atoms with van der Waals surface area (Å²) < 4.78 is 12.3. The maximum absolute atomic E-state index is 14.1. The van der Waals surface area contributed by atoms with Gasteiger partial charge in [0.2, 0.25) is 23.6 Å². The minimum absolute atomic E-state index is 0.161. The number of methoxy groups -OCH3 is 1. The molecule has 58 heavy (non-hydrogen) atoms. The van der Waals surface area contributed by atoms with E-state index in [1.807, 2.05) is 48.5 Å². The Bertz CT molecular complexity index is 1890. The van der Waals surface area contributed by atoms with E-state index in [-0.39, 0.29) is 36.0 Å². The van der Waals surface area contributed by atoms with E-state index < -0.39 is 55.8 Å². The second-order valence-electron chi connectivity index (χ2n) is 16.7. The first kappa shape index (κ1) is 44.0. The van der Waals surface area contributed by atoms with Crippen LogP contribution in [0.15, 0.2) is 97.1 Å². The molecule has 5 rings (SSSR count). The maximum atomic E-state index is 14.1. The molecule has 0 radical (unpaired) electrons. The van der Waals surface area contributed by atoms with Gasteiger partial charge in [-0.25, -0.2) is 0 Å². The van der Waals surface area contributed by atoms with Crippen molar-refractivity contribution in [2.24, 2.45) is 0 Å². The van der Waals surface area contributed by atoms with Crippen LogP contribution in [0.2, 0.25) is 5.04 Å². The van der Waals surface area contributed by atoms with Gasteiger partial charge in [0.15, 0.2) is 5.78 Å². The third-order valence-corrected chi connectivity index (χ3v) is 16.7. The van der Waals surface area contributed by atoms with Gasteiger partial charge in [0, 0.05) is 13.0 Å². The lowest BCUT2D eigenvalue weighted by atomic mass is 9.94. The highest BCUT2D eigenvalue weighted by molar-refractivity contribution is 6.99. The van der Waals surface area contributed by atoms with Crippen LogP contribution in [0.5, 0.6) is 5.75 Å². The average molecular weight is 809 g/mol. The molecule has 1 unspecified atom stereocenters. The Morgan fingerprint density at radius 2 is 1.53 bits per heavy atom. The molecule has 2 fully saturated rings. The van der Waals surface area contributed by atoms with Crippen molar-refractivity contribution in [3.63, 3.8) is 0 Å². The van der Waals surface area contributed by atoms with E-state index in [4.69, 9.17) is 9.16 Å². The monoisotopic (exact) mass is 808 g/mol. The van der Waals surface area contributed by atoms with Gasteiger partial charge in [0.25, 0.3) is 8.32 Å². The van der Waals surface area contributed by atoms with Crippen LogP contribution < -0.4 is 31.1 Å². The largest absolute Gasteiger partial charge is 0.497 e. The van der Waals surface area contributed by atoms with Crippen molar-refractivity contribution in [3.8, 4) is 5.75 Å². The molecule has 0 spiro atoms. The quantitative estimate of drug-likeness (QED) is 0.121. The second-order valence-corrected chi connectivity index (χ2v) is 20.9. The molecule has 3 aromatic rings. The van der Waals surface area contributed by atoms with Crippen LogP contribution in [0.4, 0.5) is 0 Å². The van der Waals surface area contributed by atoms with Gasteiger partial charge in [-0.2, -0.15) is 0 Å². The summed E-state index contributed by atoms with van der Waals surface area (Å²) in [4.78, 5) is 70.9. The van der Waals surface area contributed by atoms with Crippen molar-refractivity contribution >= 4 is 48.1 Å². The molecule has 3 aromatic carbocycles. The number of allylic oxidation sites excluding steroid dienone is 1. The molecule has 0 saturated carbocycles. The number of hydrogen-bond donors (Lipinski definition) is 3. The molecule has 11 nitrogen and oxygen atoms in total. The topological polar surface area (TPSA) is 143 Å². The summed E-state index contributed by atoms with van der Waals surface area (Å²) in [7, 11) is -1.37. The summed E-state index contributed by atoms with van der Waals surface area (Å²) in [6.07, 6.45) is 5.32. The summed E-state index contributed by atoms with van der Waals surface area (Å²) in [5, 5.41) is 10.6. The van der Waals surface area contributed by atoms with E-state index in [1.165, 1.54) is 4.90 Å². The zero-order valence-electron chi connectivity index (χ0n) is 35.0. The van der Waals surface area contributed by atoms with E-state index >= 15 is 0 Å². The van der Waals surface area contributed by atoms with Crippen molar-refractivity contribution in [3.05, 3.63) is 103 Å². The molecule has 2 saturated heterocycles. The maximum Gasteiger partial charge on any atom is 0.262 e. The summed E-state index contributed by atoms with van der Waals surface area (Å²) in [6.45, 7) is 12.1. The van der Waals surface area contributed by atoms with Crippen LogP contribution in [0, 0.1) is 0 Å². The summed E-state index contributed by atoms with van der Waals surface area (Å²) in [5.74, 6) is -1.20. The fraction of sp³-hybridized carbons (Fsp3) is 0.457. The number of fused-ring (bicyclic) bond motifs is 1. The standard InChI is InChI=1S/C46H60N4O7Si/c1-8-46(6)44(55)48-38(31-33-26-28-34(56-7)29-27-33)43(54)50-30-18-24-39(50)42(53)47-37(41(52)49-46)23-16-11-17-25-40(51)32(2)57-58(45(3,4)5,35-19-12-9-13-20-35)36-21-14-10-15-22-36/h9-10,12-15,17,19-22,25-29,32,37-39H,8,11,16,18,23-24,30-31H2,1-7H3,(H,47,53)(H,48,55)(H,49,52)/b25-17+/t32?,37-,38-,39+,46-/m0/s1. The Kier molecular flexibility index (Phi) is 14.5. The molecule has 3 N–H and O–H groups in total. The highest BCUT2D eigenvalue weighted by atomic mass is 28.4. The molecule has 2 heterocycles.